The molecule has 3 rings (SSSR count). The van der Waals surface area contributed by atoms with Gasteiger partial charge in [-0.1, -0.05) is 0 Å². The van der Waals surface area contributed by atoms with E-state index < -0.39 is 24.9 Å². The second-order valence-corrected chi connectivity index (χ2v) is 7.54. The number of carbonyl (C=O) groups is 2. The Morgan fingerprint density at radius 3 is 2.63 bits per heavy atom. The van der Waals surface area contributed by atoms with Crippen molar-refractivity contribution in [3.8, 4) is 5.75 Å². The number of nitrogens with one attached hydrogen (secondary N) is 3. The van der Waals surface area contributed by atoms with E-state index in [9.17, 15) is 27.2 Å². The molecule has 3 heterocycles. The zero-order valence-electron chi connectivity index (χ0n) is 18.6. The van der Waals surface area contributed by atoms with Crippen LogP contribution in [0.3, 0.4) is 0 Å². The number of ether oxygens (including phenoxy) is 1. The van der Waals surface area contributed by atoms with Gasteiger partial charge in [0, 0.05) is 19.3 Å². The van der Waals surface area contributed by atoms with E-state index in [0.717, 1.165) is 0 Å². The summed E-state index contributed by atoms with van der Waals surface area (Å²) in [6, 6.07) is 5.63. The number of alkyl halides is 4. The Bertz CT molecular complexity index is 1120. The minimum atomic E-state index is -4.47. The maximum atomic E-state index is 14.2. The molecule has 35 heavy (non-hydrogen) atoms. The van der Waals surface area contributed by atoms with Crippen molar-refractivity contribution in [3.05, 3.63) is 53.7 Å². The number of pyridine rings is 1. The third kappa shape index (κ3) is 8.39. The lowest BCUT2D eigenvalue weighted by Crippen LogP contribution is -2.27. The Morgan fingerprint density at radius 1 is 1.20 bits per heavy atom. The molecule has 3 aromatic rings. The zero-order chi connectivity index (χ0) is 25.4. The zero-order valence-corrected chi connectivity index (χ0v) is 18.6. The highest BCUT2D eigenvalue weighted by Crippen LogP contribution is 2.19. The third-order valence-electron chi connectivity index (χ3n) is 4.65. The standard InChI is InChI=1S/C21H23F4N7O3/c1-26-20(34)17-11-32(31-17)10-13(22)2-3-14-4-5-18(30-29-14)28-19(33)9-15-8-16(6-7-27-15)35-12-21(23,24)25/h4-8,11,13,31H,2-3,9-10,12H2,1H3,(H,26,34)(H,28,30,33). The van der Waals surface area contributed by atoms with Crippen LogP contribution in [0.2, 0.25) is 0 Å². The van der Waals surface area contributed by atoms with Crippen molar-refractivity contribution in [1.29, 1.82) is 0 Å². The molecule has 188 valence electrons. The lowest BCUT2D eigenvalue weighted by atomic mass is 10.1. The fourth-order valence-corrected chi connectivity index (χ4v) is 2.98. The summed E-state index contributed by atoms with van der Waals surface area (Å²) in [4.78, 5) is 27.5. The van der Waals surface area contributed by atoms with Crippen LogP contribution in [0, 0.1) is 0 Å². The van der Waals surface area contributed by atoms with Gasteiger partial charge in [0.05, 0.1) is 30.6 Å². The maximum Gasteiger partial charge on any atom is 0.422 e. The van der Waals surface area contributed by atoms with E-state index in [0.29, 0.717) is 17.8 Å². The normalized spacial score (nSPS) is 12.3. The van der Waals surface area contributed by atoms with Gasteiger partial charge >= 0.3 is 6.18 Å². The quantitative estimate of drug-likeness (QED) is 0.350. The average molecular weight is 497 g/mol. The Kier molecular flexibility index (Phi) is 8.39. The summed E-state index contributed by atoms with van der Waals surface area (Å²) in [6.45, 7) is -1.38. The minimum Gasteiger partial charge on any atom is -0.484 e. The number of rotatable bonds is 11. The first-order chi connectivity index (χ1) is 16.6. The summed E-state index contributed by atoms with van der Waals surface area (Å²) < 4.78 is 57.1. The molecule has 10 nitrogen and oxygen atoms in total. The van der Waals surface area contributed by atoms with Gasteiger partial charge in [-0.15, -0.1) is 5.10 Å². The molecule has 2 amide bonds. The lowest BCUT2D eigenvalue weighted by Gasteiger charge is -2.16. The second kappa shape index (κ2) is 11.4. The molecular formula is C21H23F4N7O3. The summed E-state index contributed by atoms with van der Waals surface area (Å²) in [5.41, 5.74) is 1.11. The van der Waals surface area contributed by atoms with Gasteiger partial charge < -0.3 is 15.4 Å². The van der Waals surface area contributed by atoms with Crippen molar-refractivity contribution in [2.45, 2.75) is 38.2 Å². The molecule has 0 aliphatic heterocycles. The second-order valence-electron chi connectivity index (χ2n) is 7.54. The van der Waals surface area contributed by atoms with Gasteiger partial charge in [-0.25, -0.2) is 4.39 Å². The van der Waals surface area contributed by atoms with Crippen LogP contribution in [0.25, 0.3) is 0 Å². The average Bonchev–Trinajstić information content (AvgIpc) is 2.78. The van der Waals surface area contributed by atoms with E-state index in [2.05, 4.69) is 35.7 Å². The maximum absolute atomic E-state index is 14.2. The van der Waals surface area contributed by atoms with Gasteiger partial charge in [0.25, 0.3) is 5.91 Å². The Labute approximate surface area is 197 Å². The van der Waals surface area contributed by atoms with Crippen molar-refractivity contribution in [2.24, 2.45) is 0 Å². The van der Waals surface area contributed by atoms with Crippen LogP contribution >= 0.6 is 0 Å². The van der Waals surface area contributed by atoms with Crippen molar-refractivity contribution in [3.63, 3.8) is 0 Å². The fraction of sp³-hybridized carbons (Fsp3) is 0.381. The minimum absolute atomic E-state index is 0.0526. The van der Waals surface area contributed by atoms with Crippen molar-refractivity contribution in [1.82, 2.24) is 30.3 Å². The molecule has 3 N–H and O–H groups in total. The topological polar surface area (TPSA) is 127 Å². The number of H-pyrrole nitrogens is 1. The van der Waals surface area contributed by atoms with E-state index in [4.69, 9.17) is 0 Å². The SMILES string of the molecule is CNC(=O)c1cn(CC(F)CCc2ccc(NC(=O)Cc3cc(OCC(F)(F)F)ccn3)nn2)[nH]1. The Morgan fingerprint density at radius 2 is 1.97 bits per heavy atom. The number of halogens is 4. The van der Waals surface area contributed by atoms with Gasteiger partial charge in [0.15, 0.2) is 12.4 Å². The number of nitrogens with zero attached hydrogens (tertiary/aromatic N) is 4. The predicted molar refractivity (Wildman–Crippen MR) is 116 cm³/mol. The van der Waals surface area contributed by atoms with Crippen LogP contribution < -0.4 is 15.4 Å². The molecule has 0 spiro atoms. The molecule has 0 fully saturated rings. The van der Waals surface area contributed by atoms with Crippen molar-refractivity contribution in [2.75, 3.05) is 19.0 Å². The Balaban J connectivity index is 1.42. The molecule has 14 heteroatoms. The molecule has 3 aromatic heterocycles. The molecule has 0 saturated heterocycles. The molecule has 0 aliphatic carbocycles. The number of aromatic amines is 1. The highest BCUT2D eigenvalue weighted by molar-refractivity contribution is 5.92. The number of amides is 2. The van der Waals surface area contributed by atoms with E-state index in [1.165, 1.54) is 42.3 Å². The first-order valence-electron chi connectivity index (χ1n) is 10.5. The molecule has 0 bridgehead atoms. The number of hydrogen-bond acceptors (Lipinski definition) is 6. The highest BCUT2D eigenvalue weighted by Gasteiger charge is 2.28. The van der Waals surface area contributed by atoms with Crippen molar-refractivity contribution >= 4 is 17.6 Å². The molecule has 0 saturated carbocycles. The van der Waals surface area contributed by atoms with Crippen LogP contribution in [0.5, 0.6) is 5.75 Å². The van der Waals surface area contributed by atoms with E-state index in [-0.39, 0.29) is 42.6 Å². The molecule has 0 radical (unpaired) electrons. The molecule has 0 aromatic carbocycles. The summed E-state index contributed by atoms with van der Waals surface area (Å²) in [7, 11) is 1.50. The lowest BCUT2D eigenvalue weighted by molar-refractivity contribution is -0.153. The van der Waals surface area contributed by atoms with E-state index in [1.807, 2.05) is 0 Å². The highest BCUT2D eigenvalue weighted by atomic mass is 19.4. The summed E-state index contributed by atoms with van der Waals surface area (Å²) in [5.74, 6) is -0.665. The van der Waals surface area contributed by atoms with Crippen molar-refractivity contribution < 1.29 is 31.9 Å². The van der Waals surface area contributed by atoms with E-state index in [1.54, 1.807) is 6.07 Å². The van der Waals surface area contributed by atoms with Gasteiger partial charge in [-0.05, 0) is 31.0 Å². The summed E-state index contributed by atoms with van der Waals surface area (Å²) in [6.07, 6.45) is -2.60. The molecular weight excluding hydrogens is 474 g/mol. The van der Waals surface area contributed by atoms with Gasteiger partial charge in [-0.2, -0.15) is 18.3 Å². The van der Waals surface area contributed by atoms with Gasteiger partial charge in [0.1, 0.15) is 17.6 Å². The largest absolute Gasteiger partial charge is 0.484 e. The monoisotopic (exact) mass is 497 g/mol. The molecule has 1 unspecified atom stereocenters. The first-order valence-corrected chi connectivity index (χ1v) is 10.5. The fourth-order valence-electron chi connectivity index (χ4n) is 2.98. The molecule has 1 atom stereocenters. The molecule has 0 aliphatic rings. The number of aryl methyl sites for hydroxylation is 1. The van der Waals surface area contributed by atoms with Crippen LogP contribution in [0.1, 0.15) is 28.3 Å². The van der Waals surface area contributed by atoms with E-state index >= 15 is 0 Å². The smallest absolute Gasteiger partial charge is 0.422 e. The third-order valence-corrected chi connectivity index (χ3v) is 4.65. The number of carbonyl (C=O) groups excluding carboxylic acids is 2. The first kappa shape index (κ1) is 25.6. The number of hydrogen-bond donors (Lipinski definition) is 3. The predicted octanol–water partition coefficient (Wildman–Crippen LogP) is 2.45. The number of anilines is 1. The summed E-state index contributed by atoms with van der Waals surface area (Å²) >= 11 is 0. The summed E-state index contributed by atoms with van der Waals surface area (Å²) in [5, 5.41) is 15.6. The Hall–Kier alpha value is -3.97. The number of aromatic nitrogens is 5. The van der Waals surface area contributed by atoms with Gasteiger partial charge in [-0.3, -0.25) is 24.4 Å². The van der Waals surface area contributed by atoms with Crippen LogP contribution in [0.15, 0.2) is 36.7 Å². The van der Waals surface area contributed by atoms with Gasteiger partial charge in [0.2, 0.25) is 5.91 Å². The van der Waals surface area contributed by atoms with Crippen LogP contribution in [-0.4, -0.2) is 62.8 Å². The van der Waals surface area contributed by atoms with Crippen LogP contribution in [0.4, 0.5) is 23.4 Å². The van der Waals surface area contributed by atoms with Crippen LogP contribution in [-0.2, 0) is 24.2 Å².